The van der Waals surface area contributed by atoms with Gasteiger partial charge in [0, 0.05) is 23.8 Å². The van der Waals surface area contributed by atoms with Gasteiger partial charge in [0.15, 0.2) is 0 Å². The summed E-state index contributed by atoms with van der Waals surface area (Å²) in [6.45, 7) is 2.95. The maximum Gasteiger partial charge on any atom is 0.140 e. The van der Waals surface area contributed by atoms with Crippen molar-refractivity contribution < 1.29 is 4.74 Å². The van der Waals surface area contributed by atoms with E-state index in [0.717, 1.165) is 17.9 Å². The summed E-state index contributed by atoms with van der Waals surface area (Å²) in [5.41, 5.74) is 3.51. The van der Waals surface area contributed by atoms with Gasteiger partial charge in [-0.15, -0.1) is 0 Å². The van der Waals surface area contributed by atoms with Gasteiger partial charge < -0.3 is 9.30 Å². The summed E-state index contributed by atoms with van der Waals surface area (Å²) in [6, 6.07) is 14.4. The van der Waals surface area contributed by atoms with Crippen LogP contribution in [0.3, 0.4) is 0 Å². The second-order valence-electron chi connectivity index (χ2n) is 4.64. The van der Waals surface area contributed by atoms with Crippen LogP contribution in [0.15, 0.2) is 48.7 Å². The quantitative estimate of drug-likeness (QED) is 0.714. The Bertz CT molecular complexity index is 698. The summed E-state index contributed by atoms with van der Waals surface area (Å²) in [6.07, 6.45) is 1.84. The first kappa shape index (κ1) is 11.8. The van der Waals surface area contributed by atoms with Crippen molar-refractivity contribution in [3.63, 3.8) is 0 Å². The molecule has 0 N–H and O–H groups in total. The van der Waals surface area contributed by atoms with E-state index in [2.05, 4.69) is 40.7 Å². The molecule has 3 heteroatoms. The Morgan fingerprint density at radius 1 is 1.16 bits per heavy atom. The summed E-state index contributed by atoms with van der Waals surface area (Å²) in [5, 5.41) is 1.19. The fourth-order valence-corrected chi connectivity index (χ4v) is 2.33. The molecule has 0 spiro atoms. The van der Waals surface area contributed by atoms with E-state index in [1.54, 1.807) is 7.11 Å². The highest BCUT2D eigenvalue weighted by Gasteiger charge is 2.06. The van der Waals surface area contributed by atoms with Gasteiger partial charge in [-0.1, -0.05) is 12.1 Å². The van der Waals surface area contributed by atoms with Crippen LogP contribution in [0.25, 0.3) is 11.0 Å². The topological polar surface area (TPSA) is 27.1 Å². The van der Waals surface area contributed by atoms with E-state index < -0.39 is 0 Å². The van der Waals surface area contributed by atoms with Crippen molar-refractivity contribution in [2.24, 2.45) is 0 Å². The highest BCUT2D eigenvalue weighted by molar-refractivity contribution is 5.77. The summed E-state index contributed by atoms with van der Waals surface area (Å²) in [5.74, 6) is 0.885. The molecule has 0 saturated heterocycles. The second kappa shape index (κ2) is 4.76. The minimum atomic E-state index is 0.830. The third kappa shape index (κ3) is 2.19. The van der Waals surface area contributed by atoms with E-state index in [1.165, 1.54) is 16.6 Å². The summed E-state index contributed by atoms with van der Waals surface area (Å²) in [7, 11) is 1.68. The van der Waals surface area contributed by atoms with Gasteiger partial charge in [0.1, 0.15) is 11.4 Å². The fraction of sp³-hybridized carbons (Fsp3) is 0.188. The number of rotatable bonds is 3. The van der Waals surface area contributed by atoms with Gasteiger partial charge in [-0.3, -0.25) is 0 Å². The van der Waals surface area contributed by atoms with Crippen molar-refractivity contribution >= 4 is 11.0 Å². The zero-order valence-electron chi connectivity index (χ0n) is 11.1. The Morgan fingerprint density at radius 3 is 2.68 bits per heavy atom. The minimum absolute atomic E-state index is 0.830. The first-order valence-corrected chi connectivity index (χ1v) is 6.32. The number of hydrogen-bond donors (Lipinski definition) is 0. The fourth-order valence-electron chi connectivity index (χ4n) is 2.33. The van der Waals surface area contributed by atoms with Crippen LogP contribution < -0.4 is 4.74 Å². The minimum Gasteiger partial charge on any atom is -0.497 e. The molecule has 0 bridgehead atoms. The van der Waals surface area contributed by atoms with Gasteiger partial charge >= 0.3 is 0 Å². The summed E-state index contributed by atoms with van der Waals surface area (Å²) >= 11 is 0. The van der Waals surface area contributed by atoms with Crippen LogP contribution in [0.5, 0.6) is 5.75 Å². The third-order valence-electron chi connectivity index (χ3n) is 3.36. The molecule has 0 amide bonds. The molecule has 2 heterocycles. The number of aromatic nitrogens is 2. The van der Waals surface area contributed by atoms with Crippen molar-refractivity contribution in [2.75, 3.05) is 7.11 Å². The third-order valence-corrected chi connectivity index (χ3v) is 3.36. The van der Waals surface area contributed by atoms with E-state index in [-0.39, 0.29) is 0 Å². The van der Waals surface area contributed by atoms with E-state index in [1.807, 2.05) is 24.4 Å². The molecule has 3 aromatic rings. The maximum absolute atomic E-state index is 5.18. The largest absolute Gasteiger partial charge is 0.497 e. The van der Waals surface area contributed by atoms with Crippen LogP contribution >= 0.6 is 0 Å². The lowest BCUT2D eigenvalue weighted by Crippen LogP contribution is -2.02. The SMILES string of the molecule is COc1ccc(Cn2c(C)cc3cccnc32)cc1. The van der Waals surface area contributed by atoms with E-state index in [0.29, 0.717) is 0 Å². The molecule has 0 aliphatic rings. The lowest BCUT2D eigenvalue weighted by molar-refractivity contribution is 0.414. The molecular formula is C16H16N2O. The van der Waals surface area contributed by atoms with Crippen molar-refractivity contribution in [3.8, 4) is 5.75 Å². The zero-order chi connectivity index (χ0) is 13.2. The van der Waals surface area contributed by atoms with Crippen molar-refractivity contribution in [1.29, 1.82) is 0 Å². The van der Waals surface area contributed by atoms with Crippen molar-refractivity contribution in [2.45, 2.75) is 13.5 Å². The first-order chi connectivity index (χ1) is 9.28. The number of benzene rings is 1. The van der Waals surface area contributed by atoms with Crippen LogP contribution in [0.2, 0.25) is 0 Å². The number of fused-ring (bicyclic) bond motifs is 1. The first-order valence-electron chi connectivity index (χ1n) is 6.32. The Morgan fingerprint density at radius 2 is 1.95 bits per heavy atom. The molecule has 3 rings (SSSR count). The molecule has 0 saturated carbocycles. The number of aryl methyl sites for hydroxylation is 1. The van der Waals surface area contributed by atoms with Gasteiger partial charge in [-0.25, -0.2) is 4.98 Å². The van der Waals surface area contributed by atoms with Gasteiger partial charge in [-0.05, 0) is 42.8 Å². The molecule has 0 fully saturated rings. The molecule has 96 valence electrons. The number of nitrogens with zero attached hydrogens (tertiary/aromatic N) is 2. The van der Waals surface area contributed by atoms with E-state index >= 15 is 0 Å². The molecule has 1 aromatic carbocycles. The number of hydrogen-bond acceptors (Lipinski definition) is 2. The van der Waals surface area contributed by atoms with Crippen LogP contribution in [-0.2, 0) is 6.54 Å². The lowest BCUT2D eigenvalue weighted by Gasteiger charge is -2.08. The Kier molecular flexibility index (Phi) is 2.95. The van der Waals surface area contributed by atoms with Crippen LogP contribution in [-0.4, -0.2) is 16.7 Å². The van der Waals surface area contributed by atoms with E-state index in [4.69, 9.17) is 4.74 Å². The average molecular weight is 252 g/mol. The normalized spacial score (nSPS) is 10.8. The predicted molar refractivity (Wildman–Crippen MR) is 76.6 cm³/mol. The zero-order valence-corrected chi connectivity index (χ0v) is 11.1. The molecule has 0 radical (unpaired) electrons. The molecule has 19 heavy (non-hydrogen) atoms. The Balaban J connectivity index is 1.98. The van der Waals surface area contributed by atoms with Gasteiger partial charge in [0.2, 0.25) is 0 Å². The predicted octanol–water partition coefficient (Wildman–Crippen LogP) is 3.40. The summed E-state index contributed by atoms with van der Waals surface area (Å²) in [4.78, 5) is 4.47. The van der Waals surface area contributed by atoms with Crippen molar-refractivity contribution in [3.05, 3.63) is 59.9 Å². The standard InChI is InChI=1S/C16H16N2O/c1-12-10-14-4-3-9-17-16(14)18(12)11-13-5-7-15(19-2)8-6-13/h3-10H,11H2,1-2H3. The molecular weight excluding hydrogens is 236 g/mol. The maximum atomic E-state index is 5.18. The smallest absolute Gasteiger partial charge is 0.140 e. The average Bonchev–Trinajstić information content (AvgIpc) is 2.76. The molecule has 3 nitrogen and oxygen atoms in total. The Labute approximate surface area is 112 Å². The monoisotopic (exact) mass is 252 g/mol. The molecule has 0 aliphatic carbocycles. The van der Waals surface area contributed by atoms with Gasteiger partial charge in [-0.2, -0.15) is 0 Å². The Hall–Kier alpha value is -2.29. The van der Waals surface area contributed by atoms with Crippen LogP contribution in [0.4, 0.5) is 0 Å². The number of methoxy groups -OCH3 is 1. The molecule has 0 unspecified atom stereocenters. The molecule has 2 aromatic heterocycles. The van der Waals surface area contributed by atoms with Crippen LogP contribution in [0.1, 0.15) is 11.3 Å². The lowest BCUT2D eigenvalue weighted by atomic mass is 10.2. The van der Waals surface area contributed by atoms with Gasteiger partial charge in [0.25, 0.3) is 0 Å². The van der Waals surface area contributed by atoms with E-state index in [9.17, 15) is 0 Å². The summed E-state index contributed by atoms with van der Waals surface area (Å²) < 4.78 is 7.41. The highest BCUT2D eigenvalue weighted by atomic mass is 16.5. The molecule has 0 aliphatic heterocycles. The van der Waals surface area contributed by atoms with Crippen LogP contribution in [0, 0.1) is 6.92 Å². The second-order valence-corrected chi connectivity index (χ2v) is 4.64. The van der Waals surface area contributed by atoms with Gasteiger partial charge in [0.05, 0.1) is 7.11 Å². The number of ether oxygens (including phenoxy) is 1. The molecule has 0 atom stereocenters. The number of pyridine rings is 1. The van der Waals surface area contributed by atoms with Crippen molar-refractivity contribution in [1.82, 2.24) is 9.55 Å². The highest BCUT2D eigenvalue weighted by Crippen LogP contribution is 2.19.